The van der Waals surface area contributed by atoms with Gasteiger partial charge in [0.1, 0.15) is 5.82 Å². The summed E-state index contributed by atoms with van der Waals surface area (Å²) in [4.78, 5) is 0.0510. The fourth-order valence-electron chi connectivity index (χ4n) is 3.88. The minimum atomic E-state index is -3.84. The smallest absolute Gasteiger partial charge is 0.268 e. The predicted molar refractivity (Wildman–Crippen MR) is 114 cm³/mol. The standard InChI is InChI=1S/C22H17FN6O3S/c1-28-19-9-10-29(33(30,31)15-6-4-5-14(11-15)12-24)13-17(19)20(27-28)22-26-25-21(32-22)16-7-2-3-8-18(16)23/h2-8,11H,9-10,13H2,1H3. The van der Waals surface area contributed by atoms with Gasteiger partial charge in [-0.3, -0.25) is 4.68 Å². The first-order chi connectivity index (χ1) is 15.9. The summed E-state index contributed by atoms with van der Waals surface area (Å²) in [6, 6.07) is 13.9. The first-order valence-electron chi connectivity index (χ1n) is 10.0. The van der Waals surface area contributed by atoms with Crippen LogP contribution in [0.1, 0.15) is 16.8 Å². The van der Waals surface area contributed by atoms with Crippen LogP contribution in [0.25, 0.3) is 23.0 Å². The molecule has 1 aliphatic heterocycles. The molecule has 33 heavy (non-hydrogen) atoms. The van der Waals surface area contributed by atoms with Gasteiger partial charge < -0.3 is 4.42 Å². The van der Waals surface area contributed by atoms with Crippen molar-refractivity contribution >= 4 is 10.0 Å². The number of hydrogen-bond donors (Lipinski definition) is 0. The lowest BCUT2D eigenvalue weighted by atomic mass is 10.1. The summed E-state index contributed by atoms with van der Waals surface area (Å²) in [6.45, 7) is 0.310. The molecular formula is C22H17FN6O3S. The molecule has 1 aliphatic rings. The number of nitrogens with zero attached hydrogens (tertiary/aromatic N) is 6. The van der Waals surface area contributed by atoms with Crippen LogP contribution in [0.15, 0.2) is 57.8 Å². The number of fused-ring (bicyclic) bond motifs is 1. The number of aromatic nitrogens is 4. The second-order valence-corrected chi connectivity index (χ2v) is 9.46. The average molecular weight is 464 g/mol. The van der Waals surface area contributed by atoms with Crippen LogP contribution in [0.5, 0.6) is 0 Å². The quantitative estimate of drug-likeness (QED) is 0.456. The molecule has 0 aliphatic carbocycles. The van der Waals surface area contributed by atoms with E-state index in [1.165, 1.54) is 28.6 Å². The van der Waals surface area contributed by atoms with Crippen LogP contribution in [-0.4, -0.2) is 39.2 Å². The number of rotatable bonds is 4. The summed E-state index contributed by atoms with van der Waals surface area (Å²) in [5, 5.41) is 21.6. The van der Waals surface area contributed by atoms with Crippen LogP contribution in [0.3, 0.4) is 0 Å². The van der Waals surface area contributed by atoms with E-state index >= 15 is 0 Å². The van der Waals surface area contributed by atoms with Gasteiger partial charge in [-0.1, -0.05) is 18.2 Å². The molecule has 0 amide bonds. The molecule has 0 radical (unpaired) electrons. The molecular weight excluding hydrogens is 447 g/mol. The van der Waals surface area contributed by atoms with Crippen molar-refractivity contribution in [1.82, 2.24) is 24.3 Å². The number of sulfonamides is 1. The van der Waals surface area contributed by atoms with E-state index in [4.69, 9.17) is 9.68 Å². The van der Waals surface area contributed by atoms with Gasteiger partial charge in [0.05, 0.1) is 22.1 Å². The minimum absolute atomic E-state index is 0.0103. The minimum Gasteiger partial charge on any atom is -0.414 e. The van der Waals surface area contributed by atoms with E-state index in [1.807, 2.05) is 6.07 Å². The summed E-state index contributed by atoms with van der Waals surface area (Å²) >= 11 is 0. The normalized spacial score (nSPS) is 14.1. The highest BCUT2D eigenvalue weighted by Gasteiger charge is 2.33. The Bertz CT molecular complexity index is 1520. The first kappa shape index (κ1) is 21.0. The predicted octanol–water partition coefficient (Wildman–Crippen LogP) is 2.89. The Labute approximate surface area is 188 Å². The van der Waals surface area contributed by atoms with Gasteiger partial charge >= 0.3 is 0 Å². The van der Waals surface area contributed by atoms with E-state index in [-0.39, 0.29) is 40.9 Å². The Morgan fingerprint density at radius 1 is 1.12 bits per heavy atom. The Morgan fingerprint density at radius 3 is 2.70 bits per heavy atom. The summed E-state index contributed by atoms with van der Waals surface area (Å²) in [6.07, 6.45) is 0.435. The maximum atomic E-state index is 14.1. The first-order valence-corrected chi connectivity index (χ1v) is 11.5. The fourth-order valence-corrected chi connectivity index (χ4v) is 5.34. The van der Waals surface area contributed by atoms with Gasteiger partial charge in [0.25, 0.3) is 11.8 Å². The van der Waals surface area contributed by atoms with Crippen molar-refractivity contribution in [3.63, 3.8) is 0 Å². The third-order valence-electron chi connectivity index (χ3n) is 5.54. The number of hydrogen-bond acceptors (Lipinski definition) is 7. The molecule has 0 fully saturated rings. The molecule has 0 atom stereocenters. The maximum absolute atomic E-state index is 14.1. The largest absolute Gasteiger partial charge is 0.414 e. The molecule has 0 saturated carbocycles. The molecule has 0 saturated heterocycles. The van der Waals surface area contributed by atoms with Gasteiger partial charge in [0, 0.05) is 37.8 Å². The number of halogens is 1. The van der Waals surface area contributed by atoms with Crippen molar-refractivity contribution in [2.45, 2.75) is 17.9 Å². The van der Waals surface area contributed by atoms with Gasteiger partial charge in [-0.2, -0.15) is 14.7 Å². The molecule has 2 aromatic carbocycles. The molecule has 0 N–H and O–H groups in total. The van der Waals surface area contributed by atoms with E-state index in [0.717, 1.165) is 5.69 Å². The molecule has 4 aromatic rings. The zero-order valence-electron chi connectivity index (χ0n) is 17.4. The second kappa shape index (κ2) is 7.91. The summed E-state index contributed by atoms with van der Waals surface area (Å²) in [5.74, 6) is -0.403. The zero-order valence-corrected chi connectivity index (χ0v) is 18.3. The van der Waals surface area contributed by atoms with Crippen molar-refractivity contribution in [2.24, 2.45) is 7.05 Å². The third kappa shape index (κ3) is 3.59. The molecule has 11 heteroatoms. The Kier molecular flexibility index (Phi) is 5.03. The topological polar surface area (TPSA) is 118 Å². The molecule has 0 spiro atoms. The third-order valence-corrected chi connectivity index (χ3v) is 7.38. The van der Waals surface area contributed by atoms with Gasteiger partial charge in [0.2, 0.25) is 10.0 Å². The van der Waals surface area contributed by atoms with Crippen LogP contribution in [0.2, 0.25) is 0 Å². The van der Waals surface area contributed by atoms with Gasteiger partial charge in [-0.05, 0) is 30.3 Å². The van der Waals surface area contributed by atoms with Crippen LogP contribution < -0.4 is 0 Å². The average Bonchev–Trinajstić information content (AvgIpc) is 3.44. The van der Waals surface area contributed by atoms with Crippen molar-refractivity contribution in [3.05, 3.63) is 71.2 Å². The van der Waals surface area contributed by atoms with Gasteiger partial charge in [0.15, 0.2) is 5.69 Å². The monoisotopic (exact) mass is 464 g/mol. The zero-order chi connectivity index (χ0) is 23.2. The van der Waals surface area contributed by atoms with Crippen LogP contribution in [0.4, 0.5) is 4.39 Å². The van der Waals surface area contributed by atoms with E-state index in [2.05, 4.69) is 15.3 Å². The van der Waals surface area contributed by atoms with E-state index in [1.54, 1.807) is 36.0 Å². The van der Waals surface area contributed by atoms with Crippen molar-refractivity contribution in [1.29, 1.82) is 5.26 Å². The SMILES string of the molecule is Cn1nc(-c2nnc(-c3ccccc3F)o2)c2c1CCN(S(=O)(=O)c1cccc(C#N)c1)C2. The molecule has 9 nitrogen and oxygen atoms in total. The highest BCUT2D eigenvalue weighted by molar-refractivity contribution is 7.89. The molecule has 5 rings (SSSR count). The number of aryl methyl sites for hydroxylation is 1. The highest BCUT2D eigenvalue weighted by Crippen LogP contribution is 2.33. The maximum Gasteiger partial charge on any atom is 0.268 e. The van der Waals surface area contributed by atoms with Crippen molar-refractivity contribution in [2.75, 3.05) is 6.54 Å². The summed E-state index contributed by atoms with van der Waals surface area (Å²) < 4.78 is 49.3. The molecule has 2 aromatic heterocycles. The number of nitriles is 1. The Balaban J connectivity index is 1.51. The van der Waals surface area contributed by atoms with Gasteiger partial charge in [-0.25, -0.2) is 12.8 Å². The van der Waals surface area contributed by atoms with Crippen LogP contribution >= 0.6 is 0 Å². The van der Waals surface area contributed by atoms with Crippen LogP contribution in [-0.2, 0) is 30.0 Å². The summed E-state index contributed by atoms with van der Waals surface area (Å²) in [7, 11) is -2.08. The highest BCUT2D eigenvalue weighted by atomic mass is 32.2. The van der Waals surface area contributed by atoms with Gasteiger partial charge in [-0.15, -0.1) is 10.2 Å². The molecule has 0 unspecified atom stereocenters. The summed E-state index contributed by atoms with van der Waals surface area (Å²) in [5.41, 5.74) is 2.29. The Hall–Kier alpha value is -3.88. The Morgan fingerprint density at radius 2 is 1.91 bits per heavy atom. The van der Waals surface area contributed by atoms with Crippen molar-refractivity contribution < 1.29 is 17.2 Å². The molecule has 166 valence electrons. The lowest BCUT2D eigenvalue weighted by Gasteiger charge is -2.26. The van der Waals surface area contributed by atoms with Crippen LogP contribution in [0, 0.1) is 17.1 Å². The van der Waals surface area contributed by atoms with E-state index in [0.29, 0.717) is 17.7 Å². The second-order valence-electron chi connectivity index (χ2n) is 7.52. The van der Waals surface area contributed by atoms with Crippen molar-refractivity contribution in [3.8, 4) is 29.1 Å². The lowest BCUT2D eigenvalue weighted by Crippen LogP contribution is -2.36. The van der Waals surface area contributed by atoms with E-state index < -0.39 is 15.8 Å². The lowest BCUT2D eigenvalue weighted by molar-refractivity contribution is 0.386. The molecule has 0 bridgehead atoms. The molecule has 3 heterocycles. The van der Waals surface area contributed by atoms with E-state index in [9.17, 15) is 12.8 Å². The fraction of sp³-hybridized carbons (Fsp3) is 0.182. The number of benzene rings is 2.